The number of amides is 3. The van der Waals surface area contributed by atoms with Gasteiger partial charge in [0.2, 0.25) is 0 Å². The lowest BCUT2D eigenvalue weighted by molar-refractivity contribution is -0.137. The summed E-state index contributed by atoms with van der Waals surface area (Å²) < 4.78 is 44.8. The second-order valence-electron chi connectivity index (χ2n) is 6.38. The Morgan fingerprint density at radius 2 is 1.90 bits per heavy atom. The Bertz CT molecular complexity index is 1060. The molecule has 1 saturated heterocycles. The van der Waals surface area contributed by atoms with Crippen molar-refractivity contribution in [1.29, 1.82) is 5.26 Å². The zero-order valence-corrected chi connectivity index (χ0v) is 15.9. The number of anilines is 1. The van der Waals surface area contributed by atoms with Crippen molar-refractivity contribution in [2.75, 3.05) is 12.0 Å². The molecule has 2 aromatic rings. The third-order valence-electron chi connectivity index (χ3n) is 4.61. The molecular formula is C19H13ClF3N3O3. The molecule has 2 aromatic carbocycles. The van der Waals surface area contributed by atoms with Gasteiger partial charge >= 0.3 is 12.2 Å². The first-order valence-corrected chi connectivity index (χ1v) is 8.53. The van der Waals surface area contributed by atoms with Crippen molar-refractivity contribution >= 4 is 29.2 Å². The predicted octanol–water partition coefficient (Wildman–Crippen LogP) is 4.21. The molecule has 0 bridgehead atoms. The number of imide groups is 1. The molecule has 3 rings (SSSR count). The van der Waals surface area contributed by atoms with Gasteiger partial charge in [0.05, 0.1) is 35.0 Å². The molecule has 0 aromatic heterocycles. The number of nitriles is 1. The Morgan fingerprint density at radius 3 is 2.45 bits per heavy atom. The Morgan fingerprint density at radius 1 is 1.21 bits per heavy atom. The molecule has 150 valence electrons. The fourth-order valence-corrected chi connectivity index (χ4v) is 3.31. The molecule has 0 saturated carbocycles. The summed E-state index contributed by atoms with van der Waals surface area (Å²) in [6.45, 7) is 1.42. The lowest BCUT2D eigenvalue weighted by atomic mass is 9.92. The van der Waals surface area contributed by atoms with E-state index in [0.29, 0.717) is 22.3 Å². The Balaban J connectivity index is 2.06. The van der Waals surface area contributed by atoms with Crippen molar-refractivity contribution in [2.45, 2.75) is 18.6 Å². The fraction of sp³-hybridized carbons (Fsp3) is 0.211. The molecule has 1 aliphatic rings. The number of hydrogen-bond donors (Lipinski definition) is 1. The van der Waals surface area contributed by atoms with Crippen LogP contribution in [0.4, 0.5) is 23.7 Å². The van der Waals surface area contributed by atoms with E-state index in [1.54, 1.807) is 0 Å². The minimum Gasteiger partial charge on any atom is -0.495 e. The van der Waals surface area contributed by atoms with Gasteiger partial charge in [0.1, 0.15) is 11.3 Å². The number of rotatable bonds is 3. The summed E-state index contributed by atoms with van der Waals surface area (Å²) in [7, 11) is 1.41. The summed E-state index contributed by atoms with van der Waals surface area (Å²) >= 11 is 6.09. The van der Waals surface area contributed by atoms with E-state index in [1.165, 1.54) is 38.3 Å². The standard InChI is InChI=1S/C19H13ClF3N3O3/c1-18(11-4-6-15(29-2)14(20)7-11)16(27)26(17(28)25-18)12-5-3-10(9-24)13(8-12)19(21,22)23/h3-8H,1-2H3,(H,25,28). The SMILES string of the molecule is COc1ccc(C2(C)NC(=O)N(c3ccc(C#N)c(C(F)(F)F)c3)C2=O)cc1Cl. The number of urea groups is 1. The molecule has 0 radical (unpaired) electrons. The Hall–Kier alpha value is -3.25. The van der Waals surface area contributed by atoms with E-state index >= 15 is 0 Å². The van der Waals surface area contributed by atoms with Gasteiger partial charge in [-0.15, -0.1) is 0 Å². The van der Waals surface area contributed by atoms with Gasteiger partial charge in [0.25, 0.3) is 5.91 Å². The monoisotopic (exact) mass is 423 g/mol. The highest BCUT2D eigenvalue weighted by Gasteiger charge is 2.50. The molecule has 29 heavy (non-hydrogen) atoms. The second-order valence-corrected chi connectivity index (χ2v) is 6.79. The molecule has 3 amide bonds. The first-order valence-electron chi connectivity index (χ1n) is 8.15. The van der Waals surface area contributed by atoms with Crippen LogP contribution in [0, 0.1) is 11.3 Å². The number of carbonyl (C=O) groups excluding carboxylic acids is 2. The second kappa shape index (κ2) is 6.97. The van der Waals surface area contributed by atoms with Gasteiger partial charge in [-0.1, -0.05) is 17.7 Å². The lowest BCUT2D eigenvalue weighted by Crippen LogP contribution is -2.41. The van der Waals surface area contributed by atoms with E-state index in [4.69, 9.17) is 21.6 Å². The molecular weight excluding hydrogens is 411 g/mol. The zero-order chi connectivity index (χ0) is 21.6. The molecule has 1 N–H and O–H groups in total. The molecule has 1 atom stereocenters. The summed E-state index contributed by atoms with van der Waals surface area (Å²) in [6, 6.07) is 7.64. The Kier molecular flexibility index (Phi) is 4.92. The van der Waals surface area contributed by atoms with Crippen LogP contribution in [0.5, 0.6) is 5.75 Å². The quantitative estimate of drug-likeness (QED) is 0.750. The maximum absolute atomic E-state index is 13.2. The molecule has 1 heterocycles. The Labute approximate surface area is 168 Å². The summed E-state index contributed by atoms with van der Waals surface area (Å²) in [5.41, 5.74) is -3.38. The zero-order valence-electron chi connectivity index (χ0n) is 15.1. The van der Waals surface area contributed by atoms with Crippen LogP contribution in [0.15, 0.2) is 36.4 Å². The van der Waals surface area contributed by atoms with E-state index in [9.17, 15) is 22.8 Å². The van der Waals surface area contributed by atoms with Gasteiger partial charge in [-0.05, 0) is 42.8 Å². The first kappa shape index (κ1) is 20.5. The molecule has 0 spiro atoms. The van der Waals surface area contributed by atoms with Crippen LogP contribution in [-0.2, 0) is 16.5 Å². The van der Waals surface area contributed by atoms with Crippen LogP contribution >= 0.6 is 11.6 Å². The molecule has 1 fully saturated rings. The van der Waals surface area contributed by atoms with Crippen molar-refractivity contribution in [3.63, 3.8) is 0 Å². The maximum Gasteiger partial charge on any atom is 0.417 e. The highest BCUT2D eigenvalue weighted by Crippen LogP contribution is 2.38. The molecule has 0 aliphatic carbocycles. The smallest absolute Gasteiger partial charge is 0.417 e. The average Bonchev–Trinajstić information content (AvgIpc) is 2.90. The van der Waals surface area contributed by atoms with Crippen LogP contribution in [-0.4, -0.2) is 19.0 Å². The van der Waals surface area contributed by atoms with Crippen LogP contribution in [0.1, 0.15) is 23.6 Å². The van der Waals surface area contributed by atoms with Crippen molar-refractivity contribution in [3.8, 4) is 11.8 Å². The van der Waals surface area contributed by atoms with Crippen molar-refractivity contribution in [2.24, 2.45) is 0 Å². The van der Waals surface area contributed by atoms with E-state index < -0.39 is 34.8 Å². The average molecular weight is 424 g/mol. The van der Waals surface area contributed by atoms with Crippen molar-refractivity contribution < 1.29 is 27.5 Å². The summed E-state index contributed by atoms with van der Waals surface area (Å²) in [5.74, 6) is -0.434. The summed E-state index contributed by atoms with van der Waals surface area (Å²) in [4.78, 5) is 26.1. The number of alkyl halides is 3. The normalized spacial score (nSPS) is 19.1. The van der Waals surface area contributed by atoms with Gasteiger partial charge in [-0.25, -0.2) is 9.69 Å². The largest absolute Gasteiger partial charge is 0.495 e. The highest BCUT2D eigenvalue weighted by molar-refractivity contribution is 6.32. The first-order chi connectivity index (χ1) is 13.5. The van der Waals surface area contributed by atoms with E-state index in [-0.39, 0.29) is 10.7 Å². The van der Waals surface area contributed by atoms with Gasteiger partial charge in [0, 0.05) is 0 Å². The number of halogens is 4. The van der Waals surface area contributed by atoms with Crippen LogP contribution in [0.3, 0.4) is 0 Å². The number of methoxy groups -OCH3 is 1. The van der Waals surface area contributed by atoms with Crippen LogP contribution in [0.25, 0.3) is 0 Å². The molecule has 10 heteroatoms. The third-order valence-corrected chi connectivity index (χ3v) is 4.90. The maximum atomic E-state index is 13.2. The predicted molar refractivity (Wildman–Crippen MR) is 97.5 cm³/mol. The summed E-state index contributed by atoms with van der Waals surface area (Å²) in [6.07, 6.45) is -4.83. The van der Waals surface area contributed by atoms with E-state index in [1.807, 2.05) is 0 Å². The number of nitrogens with one attached hydrogen (secondary N) is 1. The molecule has 6 nitrogen and oxygen atoms in total. The number of ether oxygens (including phenoxy) is 1. The minimum absolute atomic E-state index is 0.199. The number of nitrogens with zero attached hydrogens (tertiary/aromatic N) is 2. The van der Waals surface area contributed by atoms with Gasteiger partial charge in [0.15, 0.2) is 0 Å². The number of benzene rings is 2. The van der Waals surface area contributed by atoms with Gasteiger partial charge < -0.3 is 10.1 Å². The minimum atomic E-state index is -4.83. The number of hydrogen-bond acceptors (Lipinski definition) is 4. The van der Waals surface area contributed by atoms with E-state index in [0.717, 1.165) is 12.1 Å². The van der Waals surface area contributed by atoms with Gasteiger partial charge in [-0.3, -0.25) is 4.79 Å². The van der Waals surface area contributed by atoms with Crippen LogP contribution < -0.4 is 15.0 Å². The third kappa shape index (κ3) is 3.36. The number of carbonyl (C=O) groups is 2. The highest BCUT2D eigenvalue weighted by atomic mass is 35.5. The van der Waals surface area contributed by atoms with Gasteiger partial charge in [-0.2, -0.15) is 18.4 Å². The van der Waals surface area contributed by atoms with E-state index in [2.05, 4.69) is 5.32 Å². The lowest BCUT2D eigenvalue weighted by Gasteiger charge is -2.23. The molecule has 1 aliphatic heterocycles. The summed E-state index contributed by atoms with van der Waals surface area (Å²) in [5, 5.41) is 11.6. The van der Waals surface area contributed by atoms with Crippen LogP contribution in [0.2, 0.25) is 5.02 Å². The topological polar surface area (TPSA) is 82.4 Å². The van der Waals surface area contributed by atoms with Crippen molar-refractivity contribution in [3.05, 3.63) is 58.1 Å². The molecule has 1 unspecified atom stereocenters. The van der Waals surface area contributed by atoms with Crippen molar-refractivity contribution in [1.82, 2.24) is 5.32 Å². The fourth-order valence-electron chi connectivity index (χ4n) is 3.05.